The zero-order chi connectivity index (χ0) is 19.8. The Morgan fingerprint density at radius 1 is 1.17 bits per heavy atom. The summed E-state index contributed by atoms with van der Waals surface area (Å²) in [4.78, 5) is 19.9. The topological polar surface area (TPSA) is 59.9 Å². The summed E-state index contributed by atoms with van der Waals surface area (Å²) in [5.41, 5.74) is 1.16. The molecule has 1 saturated heterocycles. The molecule has 0 atom stereocenters. The van der Waals surface area contributed by atoms with Crippen molar-refractivity contribution in [3.05, 3.63) is 53.3 Å². The van der Waals surface area contributed by atoms with Crippen LogP contribution < -0.4 is 10.2 Å². The lowest BCUT2D eigenvalue weighted by Gasteiger charge is -2.34. The van der Waals surface area contributed by atoms with Crippen LogP contribution in [-0.2, 0) is 6.54 Å². The zero-order valence-corrected chi connectivity index (χ0v) is 20.0. The van der Waals surface area contributed by atoms with E-state index in [4.69, 9.17) is 11.6 Å². The van der Waals surface area contributed by atoms with Gasteiger partial charge in [-0.2, -0.15) is 0 Å². The van der Waals surface area contributed by atoms with Crippen molar-refractivity contribution >= 4 is 47.5 Å². The van der Waals surface area contributed by atoms with Gasteiger partial charge in [0.05, 0.1) is 0 Å². The number of aliphatic imine (C=N–C) groups is 1. The summed E-state index contributed by atoms with van der Waals surface area (Å²) in [5, 5.41) is 4.22. The van der Waals surface area contributed by atoms with E-state index in [-0.39, 0.29) is 24.0 Å². The smallest absolute Gasteiger partial charge is 0.225 e. The molecule has 7 nitrogen and oxygen atoms in total. The minimum atomic E-state index is 0. The van der Waals surface area contributed by atoms with Crippen molar-refractivity contribution in [3.63, 3.8) is 0 Å². The number of aromatic nitrogens is 2. The number of guanidine groups is 1. The van der Waals surface area contributed by atoms with E-state index >= 15 is 0 Å². The molecule has 0 aliphatic carbocycles. The summed E-state index contributed by atoms with van der Waals surface area (Å²) in [6.45, 7) is 6.52. The lowest BCUT2D eigenvalue weighted by atomic mass is 10.2. The molecule has 0 spiro atoms. The van der Waals surface area contributed by atoms with Crippen LogP contribution in [-0.4, -0.2) is 79.1 Å². The van der Waals surface area contributed by atoms with Gasteiger partial charge in [0.1, 0.15) is 0 Å². The lowest BCUT2D eigenvalue weighted by molar-refractivity contribution is 0.259. The molecule has 0 amide bonds. The van der Waals surface area contributed by atoms with Gasteiger partial charge in [-0.3, -0.25) is 9.89 Å². The molecule has 0 saturated carbocycles. The predicted molar refractivity (Wildman–Crippen MR) is 130 cm³/mol. The van der Waals surface area contributed by atoms with E-state index in [1.165, 1.54) is 0 Å². The lowest BCUT2D eigenvalue weighted by Crippen LogP contribution is -2.49. The highest BCUT2D eigenvalue weighted by atomic mass is 127. The number of hydrogen-bond donors (Lipinski definition) is 1. The summed E-state index contributed by atoms with van der Waals surface area (Å²) in [5.74, 6) is 1.71. The number of benzene rings is 1. The first kappa shape index (κ1) is 23.6. The Morgan fingerprint density at radius 2 is 1.90 bits per heavy atom. The van der Waals surface area contributed by atoms with Crippen LogP contribution in [0.1, 0.15) is 5.56 Å². The maximum absolute atomic E-state index is 6.08. The third-order valence-corrected chi connectivity index (χ3v) is 5.04. The summed E-state index contributed by atoms with van der Waals surface area (Å²) >= 11 is 6.08. The van der Waals surface area contributed by atoms with Crippen LogP contribution in [0.15, 0.2) is 47.7 Å². The molecule has 1 N–H and O–H groups in total. The molecule has 0 unspecified atom stereocenters. The fourth-order valence-corrected chi connectivity index (χ4v) is 3.53. The number of nitrogens with zero attached hydrogens (tertiary/aromatic N) is 6. The van der Waals surface area contributed by atoms with Gasteiger partial charge in [0.15, 0.2) is 5.96 Å². The fourth-order valence-electron chi connectivity index (χ4n) is 3.32. The van der Waals surface area contributed by atoms with Crippen LogP contribution in [0.5, 0.6) is 0 Å². The second-order valence-corrected chi connectivity index (χ2v) is 7.27. The maximum atomic E-state index is 6.08. The molecule has 0 radical (unpaired) electrons. The van der Waals surface area contributed by atoms with Crippen LogP contribution in [0.3, 0.4) is 0 Å². The molecule has 1 aliphatic heterocycles. The van der Waals surface area contributed by atoms with Gasteiger partial charge >= 0.3 is 0 Å². The van der Waals surface area contributed by atoms with Gasteiger partial charge in [0, 0.05) is 77.3 Å². The van der Waals surface area contributed by atoms with E-state index in [1.807, 2.05) is 38.4 Å². The SMILES string of the molecule is CN=C(NCCN1CCN(c2ncccn2)CC1)N(C)Cc1cccc(Cl)c1.I. The molecule has 1 fully saturated rings. The van der Waals surface area contributed by atoms with Gasteiger partial charge in [-0.1, -0.05) is 23.7 Å². The normalized spacial score (nSPS) is 15.0. The molecule has 0 bridgehead atoms. The molecule has 1 aromatic carbocycles. The standard InChI is InChI=1S/C20H28ClN7.HI/c1-22-19(26(2)16-17-5-3-6-18(21)15-17)25-9-10-27-11-13-28(14-12-27)20-23-7-4-8-24-20;/h3-8,15H,9-14,16H2,1-2H3,(H,22,25);1H. The van der Waals surface area contributed by atoms with Gasteiger partial charge in [0.2, 0.25) is 5.95 Å². The highest BCUT2D eigenvalue weighted by molar-refractivity contribution is 14.0. The van der Waals surface area contributed by atoms with Crippen LogP contribution in [0, 0.1) is 0 Å². The van der Waals surface area contributed by atoms with Gasteiger partial charge < -0.3 is 15.1 Å². The summed E-state index contributed by atoms with van der Waals surface area (Å²) in [7, 11) is 3.85. The van der Waals surface area contributed by atoms with E-state index in [9.17, 15) is 0 Å². The van der Waals surface area contributed by atoms with Crippen molar-refractivity contribution in [2.24, 2.45) is 4.99 Å². The van der Waals surface area contributed by atoms with Crippen molar-refractivity contribution in [3.8, 4) is 0 Å². The average molecular weight is 530 g/mol. The minimum absolute atomic E-state index is 0. The van der Waals surface area contributed by atoms with Crippen LogP contribution in [0.25, 0.3) is 0 Å². The maximum Gasteiger partial charge on any atom is 0.225 e. The van der Waals surface area contributed by atoms with Crippen LogP contribution in [0.2, 0.25) is 5.02 Å². The second kappa shape index (κ2) is 12.1. The van der Waals surface area contributed by atoms with E-state index < -0.39 is 0 Å². The van der Waals surface area contributed by atoms with Crippen LogP contribution in [0.4, 0.5) is 5.95 Å². The summed E-state index contributed by atoms with van der Waals surface area (Å²) in [6.07, 6.45) is 3.59. The quantitative estimate of drug-likeness (QED) is 0.353. The molecule has 3 rings (SSSR count). The molecule has 1 aliphatic rings. The van der Waals surface area contributed by atoms with E-state index in [2.05, 4.69) is 41.0 Å². The van der Waals surface area contributed by atoms with E-state index in [1.54, 1.807) is 12.4 Å². The number of anilines is 1. The highest BCUT2D eigenvalue weighted by Crippen LogP contribution is 2.12. The first-order valence-electron chi connectivity index (χ1n) is 9.56. The first-order chi connectivity index (χ1) is 13.7. The third-order valence-electron chi connectivity index (χ3n) is 4.80. The molecular weight excluding hydrogens is 501 g/mol. The number of halogens is 2. The summed E-state index contributed by atoms with van der Waals surface area (Å²) in [6, 6.07) is 9.78. The number of nitrogens with one attached hydrogen (secondary N) is 1. The molecular formula is C20H29ClIN7. The molecule has 2 heterocycles. The van der Waals surface area contributed by atoms with Crippen LogP contribution >= 0.6 is 35.6 Å². The summed E-state index contributed by atoms with van der Waals surface area (Å²) < 4.78 is 0. The predicted octanol–water partition coefficient (Wildman–Crippen LogP) is 2.58. The Kier molecular flexibility index (Phi) is 9.89. The largest absolute Gasteiger partial charge is 0.355 e. The second-order valence-electron chi connectivity index (χ2n) is 6.84. The molecule has 29 heavy (non-hydrogen) atoms. The fraction of sp³-hybridized carbons (Fsp3) is 0.450. The Morgan fingerprint density at radius 3 is 2.55 bits per heavy atom. The first-order valence-corrected chi connectivity index (χ1v) is 9.94. The van der Waals surface area contributed by atoms with Crippen molar-refractivity contribution in [1.82, 2.24) is 25.1 Å². The number of rotatable bonds is 6. The van der Waals surface area contributed by atoms with Gasteiger partial charge in [-0.05, 0) is 23.8 Å². The Hall–Kier alpha value is -1.65. The van der Waals surface area contributed by atoms with Gasteiger partial charge in [0.25, 0.3) is 0 Å². The molecule has 9 heteroatoms. The number of piperazine rings is 1. The van der Waals surface area contributed by atoms with Gasteiger partial charge in [-0.15, -0.1) is 24.0 Å². The minimum Gasteiger partial charge on any atom is -0.355 e. The Bertz CT molecular complexity index is 766. The van der Waals surface area contributed by atoms with E-state index in [0.717, 1.165) is 68.3 Å². The molecule has 158 valence electrons. The third kappa shape index (κ3) is 7.27. The molecule has 1 aromatic heterocycles. The van der Waals surface area contributed by atoms with Gasteiger partial charge in [-0.25, -0.2) is 9.97 Å². The van der Waals surface area contributed by atoms with Crippen molar-refractivity contribution in [2.45, 2.75) is 6.54 Å². The Balaban J connectivity index is 0.00000300. The zero-order valence-electron chi connectivity index (χ0n) is 17.0. The monoisotopic (exact) mass is 529 g/mol. The van der Waals surface area contributed by atoms with E-state index in [0.29, 0.717) is 0 Å². The highest BCUT2D eigenvalue weighted by Gasteiger charge is 2.18. The van der Waals surface area contributed by atoms with Crippen molar-refractivity contribution in [2.75, 3.05) is 58.3 Å². The molecule has 2 aromatic rings. The van der Waals surface area contributed by atoms with Crippen molar-refractivity contribution < 1.29 is 0 Å². The Labute approximate surface area is 195 Å². The average Bonchev–Trinajstić information content (AvgIpc) is 2.72. The number of hydrogen-bond acceptors (Lipinski definition) is 5. The van der Waals surface area contributed by atoms with Crippen molar-refractivity contribution in [1.29, 1.82) is 0 Å².